The minimum atomic E-state index is 0.539. The Morgan fingerprint density at radius 1 is 1.54 bits per heavy atom. The average Bonchev–Trinajstić information content (AvgIpc) is 2.94. The molecule has 78 valence electrons. The summed E-state index contributed by atoms with van der Waals surface area (Å²) in [6.45, 7) is 5.05. The summed E-state index contributed by atoms with van der Waals surface area (Å²) in [6, 6.07) is 1.36. The minimum absolute atomic E-state index is 0.539. The molecule has 1 atom stereocenters. The molecule has 3 nitrogen and oxygen atoms in total. The van der Waals surface area contributed by atoms with Crippen LogP contribution in [-0.4, -0.2) is 50.8 Å². The molecule has 1 N–H and O–H groups in total. The van der Waals surface area contributed by atoms with Gasteiger partial charge in [0.05, 0.1) is 6.61 Å². The smallest absolute Gasteiger partial charge is 0.0630 e. The van der Waals surface area contributed by atoms with E-state index in [9.17, 15) is 0 Å². The Hall–Kier alpha value is -0.120. The molecule has 13 heavy (non-hydrogen) atoms. The third-order valence-electron chi connectivity index (χ3n) is 2.69. The van der Waals surface area contributed by atoms with Crippen LogP contribution in [0.4, 0.5) is 0 Å². The lowest BCUT2D eigenvalue weighted by Crippen LogP contribution is -2.44. The van der Waals surface area contributed by atoms with Gasteiger partial charge in [-0.25, -0.2) is 0 Å². The van der Waals surface area contributed by atoms with Gasteiger partial charge in [-0.2, -0.15) is 0 Å². The average molecular weight is 186 g/mol. The van der Waals surface area contributed by atoms with Gasteiger partial charge in [0, 0.05) is 25.7 Å². The van der Waals surface area contributed by atoms with Crippen LogP contribution in [0.25, 0.3) is 0 Å². The number of hydrogen-bond acceptors (Lipinski definition) is 3. The molecule has 1 aliphatic rings. The highest BCUT2D eigenvalue weighted by Gasteiger charge is 2.30. The molecule has 0 spiro atoms. The number of likely N-dealkylation sites (N-methyl/N-ethyl adjacent to an activating group) is 2. The summed E-state index contributed by atoms with van der Waals surface area (Å²) in [5.74, 6) is 0. The molecule has 1 saturated carbocycles. The summed E-state index contributed by atoms with van der Waals surface area (Å²) in [5.41, 5.74) is 0. The molecular weight excluding hydrogens is 164 g/mol. The van der Waals surface area contributed by atoms with Crippen LogP contribution in [-0.2, 0) is 4.74 Å². The summed E-state index contributed by atoms with van der Waals surface area (Å²) in [6.07, 6.45) is 2.73. The van der Waals surface area contributed by atoms with Gasteiger partial charge in [-0.05, 0) is 26.4 Å². The second-order valence-electron chi connectivity index (χ2n) is 3.81. The monoisotopic (exact) mass is 186 g/mol. The molecule has 0 amide bonds. The Labute approximate surface area is 81.4 Å². The van der Waals surface area contributed by atoms with Gasteiger partial charge in [0.15, 0.2) is 0 Å². The van der Waals surface area contributed by atoms with E-state index in [1.165, 1.54) is 12.8 Å². The highest BCUT2D eigenvalue weighted by molar-refractivity contribution is 4.87. The Balaban J connectivity index is 2.26. The molecule has 0 aromatic rings. The number of nitrogens with one attached hydrogen (secondary N) is 1. The van der Waals surface area contributed by atoms with E-state index in [0.717, 1.165) is 25.7 Å². The Morgan fingerprint density at radius 3 is 2.69 bits per heavy atom. The molecule has 1 rings (SSSR count). The summed E-state index contributed by atoms with van der Waals surface area (Å²) >= 11 is 0. The molecule has 1 unspecified atom stereocenters. The second kappa shape index (κ2) is 5.58. The molecule has 0 aromatic carbocycles. The van der Waals surface area contributed by atoms with E-state index in [4.69, 9.17) is 4.74 Å². The molecule has 0 heterocycles. The van der Waals surface area contributed by atoms with Crippen LogP contribution in [0.3, 0.4) is 0 Å². The quantitative estimate of drug-likeness (QED) is 0.633. The van der Waals surface area contributed by atoms with Gasteiger partial charge in [0.25, 0.3) is 0 Å². The first-order valence-electron chi connectivity index (χ1n) is 5.21. The summed E-state index contributed by atoms with van der Waals surface area (Å²) in [7, 11) is 3.98. The van der Waals surface area contributed by atoms with Gasteiger partial charge < -0.3 is 10.1 Å². The van der Waals surface area contributed by atoms with Crippen molar-refractivity contribution in [1.29, 1.82) is 0 Å². The molecule has 0 radical (unpaired) electrons. The number of nitrogens with zero attached hydrogens (tertiary/aromatic N) is 1. The maximum absolute atomic E-state index is 5.22. The van der Waals surface area contributed by atoms with Gasteiger partial charge in [-0.15, -0.1) is 0 Å². The van der Waals surface area contributed by atoms with Crippen LogP contribution >= 0.6 is 0 Å². The van der Waals surface area contributed by atoms with Crippen molar-refractivity contribution in [2.24, 2.45) is 0 Å². The molecular formula is C10H22N2O. The Kier molecular flexibility index (Phi) is 4.70. The van der Waals surface area contributed by atoms with E-state index in [1.807, 2.05) is 0 Å². The summed E-state index contributed by atoms with van der Waals surface area (Å²) in [5, 5.41) is 3.38. The molecule has 3 heteroatoms. The van der Waals surface area contributed by atoms with E-state index in [-0.39, 0.29) is 0 Å². The zero-order chi connectivity index (χ0) is 9.68. The van der Waals surface area contributed by atoms with E-state index in [2.05, 4.69) is 24.2 Å². The lowest BCUT2D eigenvalue weighted by molar-refractivity contribution is 0.101. The van der Waals surface area contributed by atoms with Gasteiger partial charge in [0.2, 0.25) is 0 Å². The summed E-state index contributed by atoms with van der Waals surface area (Å²) < 4.78 is 5.22. The first kappa shape index (κ1) is 11.0. The third-order valence-corrected chi connectivity index (χ3v) is 2.69. The maximum Gasteiger partial charge on any atom is 0.0630 e. The van der Waals surface area contributed by atoms with Crippen LogP contribution in [0.1, 0.15) is 19.8 Å². The number of hydrogen-bond donors (Lipinski definition) is 1. The Bertz CT molecular complexity index is 137. The van der Waals surface area contributed by atoms with E-state index in [0.29, 0.717) is 6.04 Å². The fourth-order valence-electron chi connectivity index (χ4n) is 1.60. The summed E-state index contributed by atoms with van der Waals surface area (Å²) in [4.78, 5) is 2.45. The molecule has 0 saturated heterocycles. The molecule has 0 aromatic heterocycles. The van der Waals surface area contributed by atoms with Crippen molar-refractivity contribution < 1.29 is 4.74 Å². The lowest BCUT2D eigenvalue weighted by atomic mass is 10.2. The van der Waals surface area contributed by atoms with E-state index >= 15 is 0 Å². The van der Waals surface area contributed by atoms with Gasteiger partial charge in [-0.3, -0.25) is 4.90 Å². The maximum atomic E-state index is 5.22. The van der Waals surface area contributed by atoms with Crippen molar-refractivity contribution in [2.45, 2.75) is 31.8 Å². The van der Waals surface area contributed by atoms with Crippen LogP contribution in [0.15, 0.2) is 0 Å². The van der Waals surface area contributed by atoms with E-state index in [1.54, 1.807) is 7.11 Å². The van der Waals surface area contributed by atoms with Crippen molar-refractivity contribution >= 4 is 0 Å². The normalized spacial score (nSPS) is 19.4. The SMILES string of the molecule is CCNCC(COC)N(C)C1CC1. The molecule has 0 aliphatic heterocycles. The third kappa shape index (κ3) is 3.63. The Morgan fingerprint density at radius 2 is 2.23 bits per heavy atom. The predicted octanol–water partition coefficient (Wildman–Crippen LogP) is 0.705. The topological polar surface area (TPSA) is 24.5 Å². The van der Waals surface area contributed by atoms with Crippen molar-refractivity contribution in [3.8, 4) is 0 Å². The minimum Gasteiger partial charge on any atom is -0.383 e. The number of rotatable bonds is 7. The zero-order valence-electron chi connectivity index (χ0n) is 9.05. The van der Waals surface area contributed by atoms with Gasteiger partial charge in [-0.1, -0.05) is 6.92 Å². The standard InChI is InChI=1S/C10H22N2O/c1-4-11-7-10(8-13-3)12(2)9-5-6-9/h9-11H,4-8H2,1-3H3. The fraction of sp³-hybridized carbons (Fsp3) is 1.00. The fourth-order valence-corrected chi connectivity index (χ4v) is 1.60. The largest absolute Gasteiger partial charge is 0.383 e. The molecule has 1 fully saturated rings. The number of ether oxygens (including phenoxy) is 1. The first-order valence-corrected chi connectivity index (χ1v) is 5.21. The highest BCUT2D eigenvalue weighted by Crippen LogP contribution is 2.26. The second-order valence-corrected chi connectivity index (χ2v) is 3.81. The molecule has 0 bridgehead atoms. The zero-order valence-corrected chi connectivity index (χ0v) is 9.05. The van der Waals surface area contributed by atoms with Crippen molar-refractivity contribution in [3.05, 3.63) is 0 Å². The van der Waals surface area contributed by atoms with Crippen molar-refractivity contribution in [3.63, 3.8) is 0 Å². The van der Waals surface area contributed by atoms with Gasteiger partial charge in [0.1, 0.15) is 0 Å². The first-order chi connectivity index (χ1) is 6.29. The van der Waals surface area contributed by atoms with Gasteiger partial charge >= 0.3 is 0 Å². The van der Waals surface area contributed by atoms with Crippen LogP contribution in [0.2, 0.25) is 0 Å². The van der Waals surface area contributed by atoms with Crippen LogP contribution in [0, 0.1) is 0 Å². The predicted molar refractivity (Wildman–Crippen MR) is 55.0 cm³/mol. The van der Waals surface area contributed by atoms with Crippen LogP contribution < -0.4 is 5.32 Å². The van der Waals surface area contributed by atoms with Crippen molar-refractivity contribution in [1.82, 2.24) is 10.2 Å². The molecule has 1 aliphatic carbocycles. The van der Waals surface area contributed by atoms with E-state index < -0.39 is 0 Å². The highest BCUT2D eigenvalue weighted by atomic mass is 16.5. The van der Waals surface area contributed by atoms with Crippen LogP contribution in [0.5, 0.6) is 0 Å². The number of methoxy groups -OCH3 is 1. The van der Waals surface area contributed by atoms with Crippen molar-refractivity contribution in [2.75, 3.05) is 33.9 Å². The lowest BCUT2D eigenvalue weighted by Gasteiger charge is -2.27.